The third-order valence-electron chi connectivity index (χ3n) is 3.16. The van der Waals surface area contributed by atoms with Gasteiger partial charge in [-0.3, -0.25) is 0 Å². The first-order valence-corrected chi connectivity index (χ1v) is 4.25. The summed E-state index contributed by atoms with van der Waals surface area (Å²) in [6.45, 7) is 7.12. The van der Waals surface area contributed by atoms with Crippen LogP contribution in [0.2, 0.25) is 0 Å². The van der Waals surface area contributed by atoms with Gasteiger partial charge in [0.15, 0.2) is 0 Å². The van der Waals surface area contributed by atoms with Gasteiger partial charge in [0, 0.05) is 0 Å². The van der Waals surface area contributed by atoms with Crippen molar-refractivity contribution in [3.8, 4) is 0 Å². The van der Waals surface area contributed by atoms with E-state index in [-0.39, 0.29) is 0 Å². The third-order valence-corrected chi connectivity index (χ3v) is 3.16. The Morgan fingerprint density at radius 3 is 2.11 bits per heavy atom. The smallest absolute Gasteiger partial charge is 0.0388 e. The molecule has 1 saturated carbocycles. The van der Waals surface area contributed by atoms with Crippen molar-refractivity contribution < 1.29 is 0 Å². The molecule has 1 fully saturated rings. The first-order valence-electron chi connectivity index (χ1n) is 4.25. The van der Waals surface area contributed by atoms with Gasteiger partial charge < -0.3 is 0 Å². The fourth-order valence-electron chi connectivity index (χ4n) is 2.04. The molecule has 0 heteroatoms. The van der Waals surface area contributed by atoms with Gasteiger partial charge >= 0.3 is 0 Å². The molecule has 0 aromatic rings. The Morgan fingerprint density at radius 2 is 1.89 bits per heavy atom. The van der Waals surface area contributed by atoms with Gasteiger partial charge in [0.1, 0.15) is 0 Å². The Labute approximate surface area is 58.7 Å². The van der Waals surface area contributed by atoms with E-state index in [9.17, 15) is 0 Å². The van der Waals surface area contributed by atoms with E-state index in [2.05, 4.69) is 20.8 Å². The molecular weight excluding hydrogens is 108 g/mol. The molecule has 0 amide bonds. The molecule has 0 N–H and O–H groups in total. The lowest BCUT2D eigenvalue weighted by molar-refractivity contribution is 0.349. The maximum absolute atomic E-state index is 2.41. The lowest BCUT2D eigenvalue weighted by atomic mass is 9.91. The topological polar surface area (TPSA) is 0 Å². The molecule has 0 saturated heterocycles. The summed E-state index contributed by atoms with van der Waals surface area (Å²) >= 11 is 0. The minimum absolute atomic E-state index is 0.995. The second kappa shape index (κ2) is 2.72. The lowest BCUT2D eigenvalue weighted by Crippen LogP contribution is -2.07. The van der Waals surface area contributed by atoms with Crippen molar-refractivity contribution in [2.45, 2.75) is 40.0 Å². The average Bonchev–Trinajstić information content (AvgIpc) is 2.15. The molecular formula is C9H18. The Morgan fingerprint density at radius 1 is 1.22 bits per heavy atom. The van der Waals surface area contributed by atoms with Gasteiger partial charge in [-0.25, -0.2) is 0 Å². The van der Waals surface area contributed by atoms with E-state index in [0.29, 0.717) is 0 Å². The van der Waals surface area contributed by atoms with Gasteiger partial charge in [0.2, 0.25) is 0 Å². The summed E-state index contributed by atoms with van der Waals surface area (Å²) < 4.78 is 0. The van der Waals surface area contributed by atoms with Crippen molar-refractivity contribution in [3.63, 3.8) is 0 Å². The fourth-order valence-corrected chi connectivity index (χ4v) is 2.04. The highest BCUT2D eigenvalue weighted by Gasteiger charge is 2.27. The monoisotopic (exact) mass is 126 g/mol. The molecule has 54 valence electrons. The largest absolute Gasteiger partial charge is 0.0651 e. The third kappa shape index (κ3) is 1.28. The van der Waals surface area contributed by atoms with Crippen molar-refractivity contribution in [2.75, 3.05) is 0 Å². The molecule has 0 nitrogen and oxygen atoms in total. The molecule has 1 rings (SSSR count). The van der Waals surface area contributed by atoms with Crippen LogP contribution >= 0.6 is 0 Å². The van der Waals surface area contributed by atoms with Crippen LogP contribution in [-0.4, -0.2) is 0 Å². The maximum Gasteiger partial charge on any atom is -0.0388 e. The van der Waals surface area contributed by atoms with Gasteiger partial charge in [0.05, 0.1) is 0 Å². The van der Waals surface area contributed by atoms with Crippen molar-refractivity contribution in [3.05, 3.63) is 0 Å². The van der Waals surface area contributed by atoms with Crippen molar-refractivity contribution >= 4 is 0 Å². The highest BCUT2D eigenvalue weighted by atomic mass is 14.3. The SMILES string of the molecule is CCC1CC[C@@H](C)C1C. The Hall–Kier alpha value is 0. The molecule has 1 aliphatic rings. The molecule has 0 spiro atoms. The summed E-state index contributed by atoms with van der Waals surface area (Å²) in [5.74, 6) is 3.03. The lowest BCUT2D eigenvalue weighted by Gasteiger charge is -2.15. The highest BCUT2D eigenvalue weighted by molar-refractivity contribution is 4.78. The van der Waals surface area contributed by atoms with Crippen LogP contribution in [0, 0.1) is 17.8 Å². The van der Waals surface area contributed by atoms with E-state index >= 15 is 0 Å². The summed E-state index contributed by atoms with van der Waals surface area (Å²) in [4.78, 5) is 0. The van der Waals surface area contributed by atoms with Gasteiger partial charge in [-0.05, 0) is 24.2 Å². The predicted octanol–water partition coefficient (Wildman–Crippen LogP) is 3.08. The van der Waals surface area contributed by atoms with Crippen LogP contribution in [0.5, 0.6) is 0 Å². The van der Waals surface area contributed by atoms with Crippen molar-refractivity contribution in [1.82, 2.24) is 0 Å². The minimum atomic E-state index is 0.995. The zero-order valence-corrected chi connectivity index (χ0v) is 6.85. The second-order valence-electron chi connectivity index (χ2n) is 3.58. The number of hydrogen-bond donors (Lipinski definition) is 0. The first-order chi connectivity index (χ1) is 4.25. The molecule has 9 heavy (non-hydrogen) atoms. The van der Waals surface area contributed by atoms with Crippen molar-refractivity contribution in [2.24, 2.45) is 17.8 Å². The quantitative estimate of drug-likeness (QED) is 0.506. The van der Waals surface area contributed by atoms with Gasteiger partial charge in [0.25, 0.3) is 0 Å². The molecule has 0 bridgehead atoms. The Bertz CT molecular complexity index is 86.0. The minimum Gasteiger partial charge on any atom is -0.0651 e. The number of hydrogen-bond acceptors (Lipinski definition) is 0. The van der Waals surface area contributed by atoms with E-state index in [1.54, 1.807) is 0 Å². The van der Waals surface area contributed by atoms with Gasteiger partial charge in [-0.2, -0.15) is 0 Å². The number of rotatable bonds is 1. The van der Waals surface area contributed by atoms with Crippen LogP contribution in [0.25, 0.3) is 0 Å². The summed E-state index contributed by atoms with van der Waals surface area (Å²) in [5.41, 5.74) is 0. The van der Waals surface area contributed by atoms with Crippen LogP contribution in [0.15, 0.2) is 0 Å². The van der Waals surface area contributed by atoms with E-state index in [1.807, 2.05) is 0 Å². The molecule has 0 aromatic carbocycles. The van der Waals surface area contributed by atoms with Crippen LogP contribution in [0.1, 0.15) is 40.0 Å². The summed E-state index contributed by atoms with van der Waals surface area (Å²) in [7, 11) is 0. The normalized spacial score (nSPS) is 43.7. The van der Waals surface area contributed by atoms with E-state index in [4.69, 9.17) is 0 Å². The zero-order valence-electron chi connectivity index (χ0n) is 6.85. The maximum atomic E-state index is 2.41. The Kier molecular flexibility index (Phi) is 2.15. The van der Waals surface area contributed by atoms with E-state index in [1.165, 1.54) is 19.3 Å². The standard InChI is InChI=1S/C9H18/c1-4-9-6-5-7(2)8(9)3/h7-9H,4-6H2,1-3H3/t7-,8?,9?/m1/s1. The van der Waals surface area contributed by atoms with E-state index < -0.39 is 0 Å². The Balaban J connectivity index is 2.41. The van der Waals surface area contributed by atoms with Crippen LogP contribution in [0.3, 0.4) is 0 Å². The zero-order chi connectivity index (χ0) is 6.85. The molecule has 0 radical (unpaired) electrons. The van der Waals surface area contributed by atoms with Crippen LogP contribution in [-0.2, 0) is 0 Å². The first kappa shape index (κ1) is 7.11. The van der Waals surface area contributed by atoms with Gasteiger partial charge in [-0.15, -0.1) is 0 Å². The molecule has 0 aliphatic heterocycles. The van der Waals surface area contributed by atoms with Gasteiger partial charge in [-0.1, -0.05) is 33.6 Å². The second-order valence-corrected chi connectivity index (χ2v) is 3.58. The molecule has 2 unspecified atom stereocenters. The van der Waals surface area contributed by atoms with Crippen molar-refractivity contribution in [1.29, 1.82) is 0 Å². The fraction of sp³-hybridized carbons (Fsp3) is 1.00. The summed E-state index contributed by atoms with van der Waals surface area (Å²) in [5, 5.41) is 0. The predicted molar refractivity (Wildman–Crippen MR) is 41.3 cm³/mol. The van der Waals surface area contributed by atoms with E-state index in [0.717, 1.165) is 17.8 Å². The highest BCUT2D eigenvalue weighted by Crippen LogP contribution is 2.37. The molecule has 3 atom stereocenters. The van der Waals surface area contributed by atoms with Crippen LogP contribution in [0.4, 0.5) is 0 Å². The summed E-state index contributed by atoms with van der Waals surface area (Å²) in [6.07, 6.45) is 4.35. The summed E-state index contributed by atoms with van der Waals surface area (Å²) in [6, 6.07) is 0. The average molecular weight is 126 g/mol. The molecule has 1 aliphatic carbocycles. The molecule has 0 aromatic heterocycles. The van der Waals surface area contributed by atoms with Crippen LogP contribution < -0.4 is 0 Å². The molecule has 0 heterocycles.